The molecule has 6 heteroatoms. The van der Waals surface area contributed by atoms with E-state index in [1.165, 1.54) is 0 Å². The summed E-state index contributed by atoms with van der Waals surface area (Å²) < 4.78 is 16.1. The second-order valence-electron chi connectivity index (χ2n) is 4.90. The summed E-state index contributed by atoms with van der Waals surface area (Å²) in [5.74, 6) is 0.418. The molecule has 3 heterocycles. The van der Waals surface area contributed by atoms with Crippen LogP contribution in [0.1, 0.15) is 24.3 Å². The summed E-state index contributed by atoms with van der Waals surface area (Å²) in [5, 5.41) is 3.18. The molecule has 4 rings (SSSR count). The van der Waals surface area contributed by atoms with Gasteiger partial charge in [-0.3, -0.25) is 14.9 Å². The van der Waals surface area contributed by atoms with Crippen molar-refractivity contribution in [3.8, 4) is 11.5 Å². The molecule has 2 aromatic rings. The third-order valence-corrected chi connectivity index (χ3v) is 3.71. The highest BCUT2D eigenvalue weighted by Gasteiger charge is 2.31. The van der Waals surface area contributed by atoms with Crippen LogP contribution < -0.4 is 14.8 Å². The highest BCUT2D eigenvalue weighted by Crippen LogP contribution is 2.40. The van der Waals surface area contributed by atoms with E-state index in [1.807, 2.05) is 6.07 Å². The average Bonchev–Trinajstić information content (AvgIpc) is 3.02. The number of nitrogens with one attached hydrogen (secondary N) is 1. The lowest BCUT2D eigenvalue weighted by Gasteiger charge is -2.19. The number of imide groups is 1. The number of ether oxygens (including phenoxy) is 2. The normalized spacial score (nSPS) is 21.3. The summed E-state index contributed by atoms with van der Waals surface area (Å²) in [6, 6.07) is 3.58. The van der Waals surface area contributed by atoms with Crippen molar-refractivity contribution in [2.45, 2.75) is 18.8 Å². The predicted molar refractivity (Wildman–Crippen MR) is 67.5 cm³/mol. The zero-order valence-electron chi connectivity index (χ0n) is 10.5. The molecule has 0 saturated carbocycles. The summed E-state index contributed by atoms with van der Waals surface area (Å²) in [5.41, 5.74) is 1.43. The smallest absolute Gasteiger partial charge is 0.234 e. The van der Waals surface area contributed by atoms with Gasteiger partial charge in [-0.1, -0.05) is 0 Å². The monoisotopic (exact) mass is 273 g/mol. The maximum Gasteiger partial charge on any atom is 0.234 e. The first-order valence-corrected chi connectivity index (χ1v) is 6.37. The number of fused-ring (bicyclic) bond motifs is 2. The number of carbonyl (C=O) groups excluding carboxylic acids is 2. The van der Waals surface area contributed by atoms with Gasteiger partial charge in [-0.05, 0) is 12.5 Å². The minimum absolute atomic E-state index is 0.190. The van der Waals surface area contributed by atoms with E-state index in [4.69, 9.17) is 13.9 Å². The minimum Gasteiger partial charge on any atom is -0.464 e. The SMILES string of the molecule is O=C1CC[C@H](c2coc3cc4c(cc23)OCO4)C(=O)N1. The van der Waals surface area contributed by atoms with Crippen LogP contribution in [0.2, 0.25) is 0 Å². The summed E-state index contributed by atoms with van der Waals surface area (Å²) in [6.45, 7) is 0.190. The molecule has 0 spiro atoms. The maximum atomic E-state index is 12.0. The summed E-state index contributed by atoms with van der Waals surface area (Å²) in [6.07, 6.45) is 2.40. The van der Waals surface area contributed by atoms with Gasteiger partial charge in [-0.15, -0.1) is 0 Å². The molecule has 0 radical (unpaired) electrons. The van der Waals surface area contributed by atoms with Crippen LogP contribution in [0.25, 0.3) is 11.0 Å². The van der Waals surface area contributed by atoms with Crippen LogP contribution in [0, 0.1) is 0 Å². The molecule has 20 heavy (non-hydrogen) atoms. The third-order valence-electron chi connectivity index (χ3n) is 3.71. The molecule has 1 atom stereocenters. The quantitative estimate of drug-likeness (QED) is 0.800. The van der Waals surface area contributed by atoms with Crippen molar-refractivity contribution in [2.75, 3.05) is 6.79 Å². The third kappa shape index (κ3) is 1.57. The Labute approximate surface area is 113 Å². The molecule has 6 nitrogen and oxygen atoms in total. The van der Waals surface area contributed by atoms with Gasteiger partial charge in [0.15, 0.2) is 11.5 Å². The number of rotatable bonds is 1. The molecule has 1 aromatic heterocycles. The Bertz CT molecular complexity index is 732. The largest absolute Gasteiger partial charge is 0.464 e. The van der Waals surface area contributed by atoms with E-state index in [0.29, 0.717) is 29.9 Å². The molecule has 2 amide bonds. The van der Waals surface area contributed by atoms with E-state index in [-0.39, 0.29) is 24.5 Å². The number of carbonyl (C=O) groups is 2. The zero-order chi connectivity index (χ0) is 13.7. The van der Waals surface area contributed by atoms with Gasteiger partial charge < -0.3 is 13.9 Å². The summed E-state index contributed by atoms with van der Waals surface area (Å²) >= 11 is 0. The number of benzene rings is 1. The van der Waals surface area contributed by atoms with Crippen LogP contribution in [0.4, 0.5) is 0 Å². The fraction of sp³-hybridized carbons (Fsp3) is 0.286. The number of hydrogen-bond acceptors (Lipinski definition) is 5. The lowest BCUT2D eigenvalue weighted by molar-refractivity contribution is -0.134. The van der Waals surface area contributed by atoms with Gasteiger partial charge in [-0.2, -0.15) is 0 Å². The Balaban J connectivity index is 1.80. The van der Waals surface area contributed by atoms with Crippen LogP contribution >= 0.6 is 0 Å². The Morgan fingerprint density at radius 1 is 1.15 bits per heavy atom. The fourth-order valence-corrected chi connectivity index (χ4v) is 2.70. The second kappa shape index (κ2) is 4.00. The first kappa shape index (κ1) is 11.3. The van der Waals surface area contributed by atoms with Crippen molar-refractivity contribution < 1.29 is 23.5 Å². The molecule has 2 aliphatic heterocycles. The van der Waals surface area contributed by atoms with Crippen molar-refractivity contribution in [3.05, 3.63) is 24.0 Å². The lowest BCUT2D eigenvalue weighted by Crippen LogP contribution is -2.39. The van der Waals surface area contributed by atoms with E-state index in [0.717, 1.165) is 10.9 Å². The average molecular weight is 273 g/mol. The van der Waals surface area contributed by atoms with E-state index in [2.05, 4.69) is 5.32 Å². The molecule has 102 valence electrons. The Morgan fingerprint density at radius 3 is 2.75 bits per heavy atom. The van der Waals surface area contributed by atoms with Crippen molar-refractivity contribution in [3.63, 3.8) is 0 Å². The van der Waals surface area contributed by atoms with E-state index in [1.54, 1.807) is 12.3 Å². The van der Waals surface area contributed by atoms with Crippen LogP contribution in [0.3, 0.4) is 0 Å². The number of hydrogen-bond donors (Lipinski definition) is 1. The second-order valence-corrected chi connectivity index (χ2v) is 4.90. The van der Waals surface area contributed by atoms with Crippen molar-refractivity contribution >= 4 is 22.8 Å². The molecule has 1 N–H and O–H groups in total. The van der Waals surface area contributed by atoms with Gasteiger partial charge in [0.05, 0.1) is 12.2 Å². The predicted octanol–water partition coefficient (Wildman–Crippen LogP) is 1.68. The molecule has 1 saturated heterocycles. The Kier molecular flexibility index (Phi) is 2.26. The van der Waals surface area contributed by atoms with Gasteiger partial charge in [0.2, 0.25) is 18.6 Å². The van der Waals surface area contributed by atoms with Crippen molar-refractivity contribution in [1.82, 2.24) is 5.32 Å². The molecule has 0 aliphatic carbocycles. The number of amides is 2. The van der Waals surface area contributed by atoms with Crippen LogP contribution in [-0.4, -0.2) is 18.6 Å². The summed E-state index contributed by atoms with van der Waals surface area (Å²) in [4.78, 5) is 23.2. The van der Waals surface area contributed by atoms with Crippen LogP contribution in [0.15, 0.2) is 22.8 Å². The maximum absolute atomic E-state index is 12.0. The van der Waals surface area contributed by atoms with Gasteiger partial charge >= 0.3 is 0 Å². The van der Waals surface area contributed by atoms with E-state index < -0.39 is 0 Å². The van der Waals surface area contributed by atoms with Crippen LogP contribution in [-0.2, 0) is 9.59 Å². The molecular formula is C14H11NO5. The van der Waals surface area contributed by atoms with Gasteiger partial charge in [0.1, 0.15) is 5.58 Å². The molecule has 2 aliphatic rings. The van der Waals surface area contributed by atoms with Gasteiger partial charge in [0, 0.05) is 23.4 Å². The molecule has 0 bridgehead atoms. The first-order chi connectivity index (χ1) is 9.72. The first-order valence-electron chi connectivity index (χ1n) is 6.37. The van der Waals surface area contributed by atoms with E-state index in [9.17, 15) is 9.59 Å². The highest BCUT2D eigenvalue weighted by molar-refractivity contribution is 6.03. The van der Waals surface area contributed by atoms with Gasteiger partial charge in [0.25, 0.3) is 0 Å². The molecule has 1 fully saturated rings. The highest BCUT2D eigenvalue weighted by atomic mass is 16.7. The standard InChI is InChI=1S/C14H11NO5/c16-13-2-1-7(14(17)15-13)9-5-18-10-4-12-11(3-8(9)10)19-6-20-12/h3-5,7H,1-2,6H2,(H,15,16,17)/t7-/m1/s1. The molecule has 1 aromatic carbocycles. The summed E-state index contributed by atoms with van der Waals surface area (Å²) in [7, 11) is 0. The number of piperidine rings is 1. The minimum atomic E-state index is -0.366. The molecular weight excluding hydrogens is 262 g/mol. The van der Waals surface area contributed by atoms with Crippen molar-refractivity contribution in [1.29, 1.82) is 0 Å². The molecule has 0 unspecified atom stereocenters. The zero-order valence-corrected chi connectivity index (χ0v) is 10.5. The van der Waals surface area contributed by atoms with Crippen LogP contribution in [0.5, 0.6) is 11.5 Å². The Hall–Kier alpha value is -2.50. The van der Waals surface area contributed by atoms with E-state index >= 15 is 0 Å². The van der Waals surface area contributed by atoms with Crippen molar-refractivity contribution in [2.24, 2.45) is 0 Å². The number of furan rings is 1. The van der Waals surface area contributed by atoms with Gasteiger partial charge in [-0.25, -0.2) is 0 Å². The topological polar surface area (TPSA) is 77.8 Å². The lowest BCUT2D eigenvalue weighted by atomic mass is 9.90. The Morgan fingerprint density at radius 2 is 1.95 bits per heavy atom. The fourth-order valence-electron chi connectivity index (χ4n) is 2.70.